The maximum absolute atomic E-state index is 12.5. The van der Waals surface area contributed by atoms with Crippen molar-refractivity contribution >= 4 is 18.5 Å². The highest BCUT2D eigenvalue weighted by atomic mass is 16.4. The number of nitrogens with one attached hydrogen (secondary N) is 1. The molecule has 0 saturated heterocycles. The second kappa shape index (κ2) is 6.77. The molecule has 0 bridgehead atoms. The predicted molar refractivity (Wildman–Crippen MR) is 88.1 cm³/mol. The molecule has 0 aliphatic rings. The maximum Gasteiger partial charge on any atom is 0.488 e. The summed E-state index contributed by atoms with van der Waals surface area (Å²) in [6.45, 7) is 5.52. The van der Waals surface area contributed by atoms with Gasteiger partial charge in [-0.25, -0.2) is 0 Å². The van der Waals surface area contributed by atoms with E-state index in [1.807, 2.05) is 37.3 Å². The molecule has 5 heteroatoms. The summed E-state index contributed by atoms with van der Waals surface area (Å²) in [5.41, 5.74) is 3.45. The number of hydrogen-bond donors (Lipinski definition) is 3. The van der Waals surface area contributed by atoms with Crippen molar-refractivity contribution in [2.75, 3.05) is 0 Å². The maximum atomic E-state index is 12.5. The summed E-state index contributed by atoms with van der Waals surface area (Å²) < 4.78 is 0. The van der Waals surface area contributed by atoms with Crippen molar-refractivity contribution < 1.29 is 14.8 Å². The largest absolute Gasteiger partial charge is 0.488 e. The summed E-state index contributed by atoms with van der Waals surface area (Å²) in [6, 6.07) is 12.9. The van der Waals surface area contributed by atoms with Crippen LogP contribution in [-0.4, -0.2) is 23.1 Å². The normalized spacial score (nSPS) is 11.9. The lowest BCUT2D eigenvalue weighted by Gasteiger charge is -2.17. The molecule has 0 heterocycles. The van der Waals surface area contributed by atoms with Gasteiger partial charge in [0.1, 0.15) is 0 Å². The van der Waals surface area contributed by atoms with Gasteiger partial charge in [0.2, 0.25) is 0 Å². The Morgan fingerprint density at radius 2 is 1.64 bits per heavy atom. The fourth-order valence-corrected chi connectivity index (χ4v) is 2.60. The SMILES string of the molecule is Cc1cc(B(O)O)cc(C)c1C(=O)NC(C)c1ccccc1. The molecule has 0 spiro atoms. The summed E-state index contributed by atoms with van der Waals surface area (Å²) in [7, 11) is -1.53. The Balaban J connectivity index is 2.23. The third-order valence-corrected chi connectivity index (χ3v) is 3.73. The van der Waals surface area contributed by atoms with Gasteiger partial charge in [0.15, 0.2) is 0 Å². The average Bonchev–Trinajstić information content (AvgIpc) is 2.47. The van der Waals surface area contributed by atoms with Crippen molar-refractivity contribution in [2.24, 2.45) is 0 Å². The smallest absolute Gasteiger partial charge is 0.423 e. The number of benzene rings is 2. The van der Waals surface area contributed by atoms with Crippen molar-refractivity contribution in [3.8, 4) is 0 Å². The fraction of sp³-hybridized carbons (Fsp3) is 0.235. The molecule has 114 valence electrons. The van der Waals surface area contributed by atoms with Crippen molar-refractivity contribution in [3.05, 3.63) is 64.7 Å². The molecule has 0 fully saturated rings. The number of amides is 1. The molecule has 2 aromatic carbocycles. The van der Waals surface area contributed by atoms with Crippen molar-refractivity contribution in [2.45, 2.75) is 26.8 Å². The molecular weight excluding hydrogens is 277 g/mol. The molecule has 3 N–H and O–H groups in total. The summed E-state index contributed by atoms with van der Waals surface area (Å²) >= 11 is 0. The minimum Gasteiger partial charge on any atom is -0.423 e. The average molecular weight is 297 g/mol. The third-order valence-electron chi connectivity index (χ3n) is 3.73. The molecule has 1 atom stereocenters. The number of hydrogen-bond acceptors (Lipinski definition) is 3. The molecule has 4 nitrogen and oxygen atoms in total. The second-order valence-corrected chi connectivity index (χ2v) is 5.51. The van der Waals surface area contributed by atoms with E-state index in [9.17, 15) is 14.8 Å². The van der Waals surface area contributed by atoms with E-state index in [1.54, 1.807) is 26.0 Å². The first-order valence-corrected chi connectivity index (χ1v) is 7.23. The number of aryl methyl sites for hydroxylation is 2. The van der Waals surface area contributed by atoms with Crippen LogP contribution in [0.5, 0.6) is 0 Å². The van der Waals surface area contributed by atoms with E-state index in [-0.39, 0.29) is 11.9 Å². The molecule has 0 radical (unpaired) electrons. The minimum absolute atomic E-state index is 0.101. The molecule has 2 aromatic rings. The van der Waals surface area contributed by atoms with Gasteiger partial charge in [0.05, 0.1) is 6.04 Å². The Morgan fingerprint density at radius 3 is 2.14 bits per heavy atom. The Labute approximate surface area is 131 Å². The van der Waals surface area contributed by atoms with Gasteiger partial charge in [-0.15, -0.1) is 0 Å². The monoisotopic (exact) mass is 297 g/mol. The van der Waals surface area contributed by atoms with Crippen molar-refractivity contribution in [1.82, 2.24) is 5.32 Å². The molecular formula is C17H20BNO3. The summed E-state index contributed by atoms with van der Waals surface area (Å²) in [5, 5.41) is 21.5. The molecule has 1 unspecified atom stereocenters. The van der Waals surface area contributed by atoms with E-state index in [4.69, 9.17) is 0 Å². The lowest BCUT2D eigenvalue weighted by molar-refractivity contribution is 0.0938. The first kappa shape index (κ1) is 16.3. The zero-order valence-electron chi connectivity index (χ0n) is 13.0. The van der Waals surface area contributed by atoms with E-state index in [1.165, 1.54) is 0 Å². The van der Waals surface area contributed by atoms with Crippen LogP contribution >= 0.6 is 0 Å². The molecule has 0 aliphatic carbocycles. The topological polar surface area (TPSA) is 69.6 Å². The predicted octanol–water partition coefficient (Wildman–Crippen LogP) is 1.47. The number of carbonyl (C=O) groups is 1. The van der Waals surface area contributed by atoms with E-state index in [0.29, 0.717) is 11.0 Å². The van der Waals surface area contributed by atoms with E-state index >= 15 is 0 Å². The highest BCUT2D eigenvalue weighted by molar-refractivity contribution is 6.58. The standard InChI is InChI=1S/C17H20BNO3/c1-11-9-15(18(21)22)10-12(2)16(11)17(20)19-13(3)14-7-5-4-6-8-14/h4-10,13,21-22H,1-3H3,(H,19,20). The zero-order valence-corrected chi connectivity index (χ0v) is 13.0. The first-order chi connectivity index (χ1) is 10.4. The highest BCUT2D eigenvalue weighted by Crippen LogP contribution is 2.16. The van der Waals surface area contributed by atoms with Gasteiger partial charge < -0.3 is 15.4 Å². The van der Waals surface area contributed by atoms with Gasteiger partial charge in [-0.2, -0.15) is 0 Å². The summed E-state index contributed by atoms with van der Waals surface area (Å²) in [5.74, 6) is -0.162. The van der Waals surface area contributed by atoms with Gasteiger partial charge in [0, 0.05) is 5.56 Å². The Bertz CT molecular complexity index is 648. The van der Waals surface area contributed by atoms with Gasteiger partial charge in [-0.1, -0.05) is 42.5 Å². The Hall–Kier alpha value is -2.11. The van der Waals surface area contributed by atoms with Crippen LogP contribution in [0.3, 0.4) is 0 Å². The minimum atomic E-state index is -1.53. The quantitative estimate of drug-likeness (QED) is 0.749. The van der Waals surface area contributed by atoms with Crippen LogP contribution in [0, 0.1) is 13.8 Å². The van der Waals surface area contributed by atoms with E-state index in [2.05, 4.69) is 5.32 Å². The van der Waals surface area contributed by atoms with Crippen LogP contribution in [0.25, 0.3) is 0 Å². The molecule has 22 heavy (non-hydrogen) atoms. The lowest BCUT2D eigenvalue weighted by atomic mass is 9.77. The van der Waals surface area contributed by atoms with Gasteiger partial charge >= 0.3 is 7.12 Å². The van der Waals surface area contributed by atoms with Gasteiger partial charge in [-0.05, 0) is 42.9 Å². The van der Waals surface area contributed by atoms with Crippen LogP contribution < -0.4 is 10.8 Å². The molecule has 0 aromatic heterocycles. The van der Waals surface area contributed by atoms with Gasteiger partial charge in [-0.3, -0.25) is 4.79 Å². The van der Waals surface area contributed by atoms with Crippen molar-refractivity contribution in [1.29, 1.82) is 0 Å². The Morgan fingerprint density at radius 1 is 1.09 bits per heavy atom. The van der Waals surface area contributed by atoms with E-state index < -0.39 is 7.12 Å². The molecule has 1 amide bonds. The zero-order chi connectivity index (χ0) is 16.3. The van der Waals surface area contributed by atoms with E-state index in [0.717, 1.165) is 16.7 Å². The highest BCUT2D eigenvalue weighted by Gasteiger charge is 2.19. The van der Waals surface area contributed by atoms with Gasteiger partial charge in [0.25, 0.3) is 5.91 Å². The fourth-order valence-electron chi connectivity index (χ4n) is 2.60. The van der Waals surface area contributed by atoms with Crippen molar-refractivity contribution in [3.63, 3.8) is 0 Å². The molecule has 2 rings (SSSR count). The second-order valence-electron chi connectivity index (χ2n) is 5.51. The summed E-state index contributed by atoms with van der Waals surface area (Å²) in [6.07, 6.45) is 0. The number of carbonyl (C=O) groups excluding carboxylic acids is 1. The third kappa shape index (κ3) is 3.56. The van der Waals surface area contributed by atoms with Crippen LogP contribution in [0.2, 0.25) is 0 Å². The van der Waals surface area contributed by atoms with Crippen LogP contribution in [0.4, 0.5) is 0 Å². The lowest BCUT2D eigenvalue weighted by Crippen LogP contribution is -2.33. The first-order valence-electron chi connectivity index (χ1n) is 7.23. The van der Waals surface area contributed by atoms with Crippen LogP contribution in [-0.2, 0) is 0 Å². The van der Waals surface area contributed by atoms with Crippen LogP contribution in [0.1, 0.15) is 40.0 Å². The molecule has 0 aliphatic heterocycles. The Kier molecular flexibility index (Phi) is 5.01. The molecule has 0 saturated carbocycles. The summed E-state index contributed by atoms with van der Waals surface area (Å²) in [4.78, 5) is 12.5. The number of rotatable bonds is 4. The van der Waals surface area contributed by atoms with Crippen LogP contribution in [0.15, 0.2) is 42.5 Å².